The largest absolute Gasteiger partial charge is 0.405 e. The van der Waals surface area contributed by atoms with Gasteiger partial charge in [0.1, 0.15) is 12.4 Å². The Balaban J connectivity index is 2.93. The van der Waals surface area contributed by atoms with E-state index in [1.165, 1.54) is 4.90 Å². The Hall–Kier alpha value is -1.30. The average molecular weight is 289 g/mol. The number of hydrogen-bond acceptors (Lipinski definition) is 3. The molecule has 1 atom stereocenters. The zero-order chi connectivity index (χ0) is 15.2. The van der Waals surface area contributed by atoms with Gasteiger partial charge >= 0.3 is 6.18 Å². The molecule has 0 aliphatic heterocycles. The fraction of sp³-hybridized carbons (Fsp3) is 0.643. The average Bonchev–Trinajstić information content (AvgIpc) is 2.37. The van der Waals surface area contributed by atoms with Gasteiger partial charge in [0.2, 0.25) is 0 Å². The van der Waals surface area contributed by atoms with Crippen LogP contribution in [0.15, 0.2) is 18.3 Å². The molecule has 114 valence electrons. The Bertz CT molecular complexity index is 407. The van der Waals surface area contributed by atoms with Gasteiger partial charge in [-0.05, 0) is 37.6 Å². The summed E-state index contributed by atoms with van der Waals surface area (Å²) in [6.07, 6.45) is -2.01. The Morgan fingerprint density at radius 1 is 1.35 bits per heavy atom. The van der Waals surface area contributed by atoms with Crippen molar-refractivity contribution in [3.63, 3.8) is 0 Å². The van der Waals surface area contributed by atoms with Crippen molar-refractivity contribution >= 4 is 5.82 Å². The predicted molar refractivity (Wildman–Crippen MR) is 74.9 cm³/mol. The lowest BCUT2D eigenvalue weighted by Crippen LogP contribution is -2.35. The summed E-state index contributed by atoms with van der Waals surface area (Å²) < 4.78 is 37.8. The molecule has 1 aromatic rings. The van der Waals surface area contributed by atoms with Crippen molar-refractivity contribution in [3.8, 4) is 0 Å². The number of nitrogens with one attached hydrogen (secondary N) is 1. The molecule has 1 N–H and O–H groups in total. The second kappa shape index (κ2) is 7.47. The Kier molecular flexibility index (Phi) is 6.26. The zero-order valence-corrected chi connectivity index (χ0v) is 12.2. The molecule has 0 radical (unpaired) electrons. The van der Waals surface area contributed by atoms with Crippen LogP contribution in [0.1, 0.15) is 38.8 Å². The van der Waals surface area contributed by atoms with Crippen molar-refractivity contribution in [1.82, 2.24) is 10.3 Å². The van der Waals surface area contributed by atoms with Crippen molar-refractivity contribution in [2.75, 3.05) is 24.5 Å². The maximum Gasteiger partial charge on any atom is 0.405 e. The van der Waals surface area contributed by atoms with E-state index in [0.717, 1.165) is 12.1 Å². The minimum Gasteiger partial charge on any atom is -0.348 e. The monoisotopic (exact) mass is 289 g/mol. The van der Waals surface area contributed by atoms with Gasteiger partial charge in [0.05, 0.1) is 0 Å². The molecule has 0 spiro atoms. The lowest BCUT2D eigenvalue weighted by molar-refractivity contribution is -0.119. The standard InChI is InChI=1S/C14H22F3N3/c1-4-8-20(10-14(15,16)17)13-9-12(6-7-19-13)11(3)18-5-2/h6-7,9,11,18H,4-5,8,10H2,1-3H3. The van der Waals surface area contributed by atoms with Gasteiger partial charge in [0.25, 0.3) is 0 Å². The van der Waals surface area contributed by atoms with Crippen LogP contribution >= 0.6 is 0 Å². The van der Waals surface area contributed by atoms with Gasteiger partial charge < -0.3 is 10.2 Å². The summed E-state index contributed by atoms with van der Waals surface area (Å²) in [6.45, 7) is 6.01. The number of pyridine rings is 1. The Morgan fingerprint density at radius 2 is 2.05 bits per heavy atom. The minimum atomic E-state index is -4.22. The van der Waals surface area contributed by atoms with Crippen LogP contribution < -0.4 is 10.2 Å². The SMILES string of the molecule is CCCN(CC(F)(F)F)c1cc(C(C)NCC)ccn1. The molecule has 20 heavy (non-hydrogen) atoms. The zero-order valence-electron chi connectivity index (χ0n) is 12.2. The number of anilines is 1. The number of nitrogens with zero attached hydrogens (tertiary/aromatic N) is 2. The summed E-state index contributed by atoms with van der Waals surface area (Å²) in [5.41, 5.74) is 0.945. The molecular weight excluding hydrogens is 267 g/mol. The summed E-state index contributed by atoms with van der Waals surface area (Å²) in [6, 6.07) is 3.65. The van der Waals surface area contributed by atoms with Crippen molar-refractivity contribution in [1.29, 1.82) is 0 Å². The summed E-state index contributed by atoms with van der Waals surface area (Å²) in [4.78, 5) is 5.36. The first-order valence-electron chi connectivity index (χ1n) is 6.88. The molecule has 0 aromatic carbocycles. The van der Waals surface area contributed by atoms with E-state index in [2.05, 4.69) is 10.3 Å². The van der Waals surface area contributed by atoms with Crippen LogP contribution in [0.2, 0.25) is 0 Å². The molecule has 0 aliphatic rings. The van der Waals surface area contributed by atoms with Crippen LogP contribution in [0.3, 0.4) is 0 Å². The van der Waals surface area contributed by atoms with E-state index < -0.39 is 12.7 Å². The van der Waals surface area contributed by atoms with Gasteiger partial charge in [-0.25, -0.2) is 4.98 Å². The molecular formula is C14H22F3N3. The fourth-order valence-electron chi connectivity index (χ4n) is 2.06. The second-order valence-corrected chi connectivity index (χ2v) is 4.76. The van der Waals surface area contributed by atoms with Crippen LogP contribution in [0.5, 0.6) is 0 Å². The van der Waals surface area contributed by atoms with Crippen molar-refractivity contribution < 1.29 is 13.2 Å². The third-order valence-electron chi connectivity index (χ3n) is 2.97. The van der Waals surface area contributed by atoms with E-state index in [1.54, 1.807) is 12.3 Å². The summed E-state index contributed by atoms with van der Waals surface area (Å²) in [5, 5.41) is 3.24. The molecule has 0 aliphatic carbocycles. The van der Waals surface area contributed by atoms with Crippen LogP contribution in [0.25, 0.3) is 0 Å². The van der Waals surface area contributed by atoms with Gasteiger partial charge in [-0.1, -0.05) is 13.8 Å². The number of hydrogen-bond donors (Lipinski definition) is 1. The highest BCUT2D eigenvalue weighted by Crippen LogP contribution is 2.23. The van der Waals surface area contributed by atoms with Crippen LogP contribution in [0, 0.1) is 0 Å². The molecule has 1 rings (SSSR count). The Morgan fingerprint density at radius 3 is 2.60 bits per heavy atom. The molecule has 0 bridgehead atoms. The van der Waals surface area contributed by atoms with Gasteiger partial charge in [-0.15, -0.1) is 0 Å². The highest BCUT2D eigenvalue weighted by atomic mass is 19.4. The van der Waals surface area contributed by atoms with Crippen molar-refractivity contribution in [2.24, 2.45) is 0 Å². The number of halogens is 3. The smallest absolute Gasteiger partial charge is 0.348 e. The lowest BCUT2D eigenvalue weighted by atomic mass is 10.1. The molecule has 0 saturated carbocycles. The first-order valence-corrected chi connectivity index (χ1v) is 6.88. The highest BCUT2D eigenvalue weighted by Gasteiger charge is 2.31. The van der Waals surface area contributed by atoms with Crippen molar-refractivity contribution in [3.05, 3.63) is 23.9 Å². The molecule has 1 aromatic heterocycles. The number of aromatic nitrogens is 1. The summed E-state index contributed by atoms with van der Waals surface area (Å²) in [7, 11) is 0. The van der Waals surface area contributed by atoms with Gasteiger partial charge in [0.15, 0.2) is 0 Å². The Labute approximate surface area is 118 Å². The molecule has 1 unspecified atom stereocenters. The molecule has 0 fully saturated rings. The van der Waals surface area contributed by atoms with Crippen molar-refractivity contribution in [2.45, 2.75) is 39.4 Å². The molecule has 0 amide bonds. The van der Waals surface area contributed by atoms with E-state index >= 15 is 0 Å². The summed E-state index contributed by atoms with van der Waals surface area (Å²) >= 11 is 0. The second-order valence-electron chi connectivity index (χ2n) is 4.76. The van der Waals surface area contributed by atoms with E-state index in [4.69, 9.17) is 0 Å². The molecule has 1 heterocycles. The first-order chi connectivity index (χ1) is 9.37. The van der Waals surface area contributed by atoms with Gasteiger partial charge in [0, 0.05) is 18.8 Å². The van der Waals surface area contributed by atoms with Crippen LogP contribution in [-0.4, -0.2) is 30.8 Å². The molecule has 0 saturated heterocycles. The lowest BCUT2D eigenvalue weighted by Gasteiger charge is -2.25. The molecule has 6 heteroatoms. The maximum absolute atomic E-state index is 12.6. The quantitative estimate of drug-likeness (QED) is 0.832. The minimum absolute atomic E-state index is 0.0936. The number of rotatable bonds is 7. The normalized spacial score (nSPS) is 13.3. The fourth-order valence-corrected chi connectivity index (χ4v) is 2.06. The molecule has 3 nitrogen and oxygen atoms in total. The highest BCUT2D eigenvalue weighted by molar-refractivity contribution is 5.42. The summed E-state index contributed by atoms with van der Waals surface area (Å²) in [5.74, 6) is 0.381. The first kappa shape index (κ1) is 16.8. The predicted octanol–water partition coefficient (Wildman–Crippen LogP) is 3.53. The van der Waals surface area contributed by atoms with Gasteiger partial charge in [-0.2, -0.15) is 13.2 Å². The third kappa shape index (κ3) is 5.36. The third-order valence-corrected chi connectivity index (χ3v) is 2.97. The van der Waals surface area contributed by atoms with E-state index in [0.29, 0.717) is 18.8 Å². The topological polar surface area (TPSA) is 28.2 Å². The van der Waals surface area contributed by atoms with Crippen LogP contribution in [0.4, 0.5) is 19.0 Å². The van der Waals surface area contributed by atoms with Gasteiger partial charge in [-0.3, -0.25) is 0 Å². The number of alkyl halides is 3. The van der Waals surface area contributed by atoms with E-state index in [-0.39, 0.29) is 6.04 Å². The van der Waals surface area contributed by atoms with E-state index in [1.807, 2.05) is 26.8 Å². The van der Waals surface area contributed by atoms with E-state index in [9.17, 15) is 13.2 Å². The van der Waals surface area contributed by atoms with Crippen LogP contribution in [-0.2, 0) is 0 Å². The maximum atomic E-state index is 12.6.